The molecule has 0 radical (unpaired) electrons. The van der Waals surface area contributed by atoms with Crippen LogP contribution in [0.25, 0.3) is 0 Å². The summed E-state index contributed by atoms with van der Waals surface area (Å²) < 4.78 is 0. The molecule has 3 N–H and O–H groups in total. The van der Waals surface area contributed by atoms with Crippen LogP contribution < -0.4 is 16.0 Å². The molecule has 3 amide bonds. The zero-order valence-corrected chi connectivity index (χ0v) is 12.8. The maximum atomic E-state index is 11.9. The Morgan fingerprint density at radius 2 is 2.00 bits per heavy atom. The van der Waals surface area contributed by atoms with Crippen molar-refractivity contribution >= 4 is 11.9 Å². The number of hydrogen-bond donors (Lipinski definition) is 3. The Hall–Kier alpha value is -1.14. The lowest BCUT2D eigenvalue weighted by Crippen LogP contribution is -2.50. The highest BCUT2D eigenvalue weighted by Gasteiger charge is 2.42. The Bertz CT molecular complexity index is 391. The largest absolute Gasteiger partial charge is 0.333 e. The van der Waals surface area contributed by atoms with E-state index in [0.717, 1.165) is 19.6 Å². The molecular formula is C14H26N4O2. The highest BCUT2D eigenvalue weighted by molar-refractivity contribution is 5.95. The molecule has 2 aliphatic rings. The first-order chi connectivity index (χ1) is 9.26. The maximum absolute atomic E-state index is 11.9. The standard InChI is InChI=1S/C14H26N4O2/c1-9-11-6-15-5-10(11)7-18(9)8-12(19)16-13(20)17-14(2,3)4/h9-11,15H,5-8H2,1-4H3,(H2,16,17,19,20). The van der Waals surface area contributed by atoms with Crippen LogP contribution in [0.2, 0.25) is 0 Å². The predicted molar refractivity (Wildman–Crippen MR) is 77.3 cm³/mol. The molecule has 2 fully saturated rings. The van der Waals surface area contributed by atoms with Crippen molar-refractivity contribution < 1.29 is 9.59 Å². The van der Waals surface area contributed by atoms with Crippen molar-refractivity contribution in [2.24, 2.45) is 11.8 Å². The van der Waals surface area contributed by atoms with E-state index in [-0.39, 0.29) is 11.4 Å². The number of amides is 3. The van der Waals surface area contributed by atoms with Gasteiger partial charge < -0.3 is 10.6 Å². The molecule has 0 bridgehead atoms. The molecule has 0 spiro atoms. The first kappa shape index (κ1) is 15.3. The summed E-state index contributed by atoms with van der Waals surface area (Å²) in [5.74, 6) is 1.04. The second-order valence-electron chi connectivity index (χ2n) is 7.00. The Morgan fingerprint density at radius 3 is 2.60 bits per heavy atom. The van der Waals surface area contributed by atoms with Crippen molar-refractivity contribution in [3.8, 4) is 0 Å². The van der Waals surface area contributed by atoms with E-state index < -0.39 is 6.03 Å². The molecule has 0 aromatic carbocycles. The van der Waals surface area contributed by atoms with Crippen LogP contribution >= 0.6 is 0 Å². The van der Waals surface area contributed by atoms with Gasteiger partial charge in [0.2, 0.25) is 5.91 Å². The number of rotatable bonds is 2. The van der Waals surface area contributed by atoms with Crippen molar-refractivity contribution in [3.63, 3.8) is 0 Å². The lowest BCUT2D eigenvalue weighted by atomic mass is 9.95. The molecule has 0 saturated carbocycles. The van der Waals surface area contributed by atoms with Crippen LogP contribution in [-0.2, 0) is 4.79 Å². The lowest BCUT2D eigenvalue weighted by Gasteiger charge is -2.24. The predicted octanol–water partition coefficient (Wildman–Crippen LogP) is 0.150. The van der Waals surface area contributed by atoms with E-state index in [9.17, 15) is 9.59 Å². The summed E-state index contributed by atoms with van der Waals surface area (Å²) in [7, 11) is 0. The third-order valence-corrected chi connectivity index (χ3v) is 4.14. The number of nitrogens with one attached hydrogen (secondary N) is 3. The van der Waals surface area contributed by atoms with Crippen LogP contribution in [0.15, 0.2) is 0 Å². The molecule has 114 valence electrons. The van der Waals surface area contributed by atoms with E-state index in [4.69, 9.17) is 0 Å². The lowest BCUT2D eigenvalue weighted by molar-refractivity contribution is -0.121. The van der Waals surface area contributed by atoms with Gasteiger partial charge in [0, 0.05) is 18.1 Å². The minimum atomic E-state index is -0.420. The van der Waals surface area contributed by atoms with Crippen molar-refractivity contribution in [2.75, 3.05) is 26.2 Å². The third-order valence-electron chi connectivity index (χ3n) is 4.14. The van der Waals surface area contributed by atoms with Gasteiger partial charge in [-0.25, -0.2) is 4.79 Å². The summed E-state index contributed by atoms with van der Waals surface area (Å²) in [6.45, 7) is 11.1. The Morgan fingerprint density at radius 1 is 1.30 bits per heavy atom. The molecule has 2 heterocycles. The van der Waals surface area contributed by atoms with Crippen LogP contribution in [0.5, 0.6) is 0 Å². The summed E-state index contributed by atoms with van der Waals surface area (Å²) in [6, 6.07) is -0.0253. The third kappa shape index (κ3) is 3.70. The van der Waals surface area contributed by atoms with Gasteiger partial charge >= 0.3 is 6.03 Å². The summed E-state index contributed by atoms with van der Waals surface area (Å²) in [5, 5.41) is 8.53. The Labute approximate surface area is 120 Å². The monoisotopic (exact) mass is 282 g/mol. The summed E-state index contributed by atoms with van der Waals surface area (Å²) in [5.41, 5.74) is -0.339. The van der Waals surface area contributed by atoms with Gasteiger partial charge in [0.15, 0.2) is 0 Å². The second-order valence-corrected chi connectivity index (χ2v) is 7.00. The number of carbonyl (C=O) groups is 2. The Kier molecular flexibility index (Phi) is 4.34. The van der Waals surface area contributed by atoms with E-state index in [0.29, 0.717) is 24.4 Å². The molecule has 3 atom stereocenters. The summed E-state index contributed by atoms with van der Waals surface area (Å²) in [4.78, 5) is 25.8. The number of imide groups is 1. The van der Waals surface area contributed by atoms with Crippen LogP contribution in [-0.4, -0.2) is 54.6 Å². The highest BCUT2D eigenvalue weighted by Crippen LogP contribution is 2.31. The molecule has 2 saturated heterocycles. The molecule has 0 aliphatic carbocycles. The minimum absolute atomic E-state index is 0.230. The van der Waals surface area contributed by atoms with Crippen molar-refractivity contribution in [3.05, 3.63) is 0 Å². The van der Waals surface area contributed by atoms with Gasteiger partial charge in [-0.15, -0.1) is 0 Å². The van der Waals surface area contributed by atoms with Crippen molar-refractivity contribution in [2.45, 2.75) is 39.3 Å². The average Bonchev–Trinajstić information content (AvgIpc) is 2.81. The number of nitrogens with zero attached hydrogens (tertiary/aromatic N) is 1. The van der Waals surface area contributed by atoms with Crippen LogP contribution in [0.3, 0.4) is 0 Å². The van der Waals surface area contributed by atoms with Gasteiger partial charge in [-0.2, -0.15) is 0 Å². The second kappa shape index (κ2) is 5.69. The van der Waals surface area contributed by atoms with Gasteiger partial charge in [0.1, 0.15) is 0 Å². The molecule has 2 rings (SSSR count). The summed E-state index contributed by atoms with van der Waals surface area (Å²) in [6.07, 6.45) is 0. The number of fused-ring (bicyclic) bond motifs is 1. The molecule has 0 aromatic heterocycles. The van der Waals surface area contributed by atoms with Crippen LogP contribution in [0, 0.1) is 11.8 Å². The fraction of sp³-hybridized carbons (Fsp3) is 0.857. The van der Waals surface area contributed by atoms with Crippen LogP contribution in [0.1, 0.15) is 27.7 Å². The Balaban J connectivity index is 1.79. The normalized spacial score (nSPS) is 30.1. The fourth-order valence-corrected chi connectivity index (χ4v) is 3.19. The number of urea groups is 1. The molecule has 6 nitrogen and oxygen atoms in total. The van der Waals surface area contributed by atoms with E-state index in [1.165, 1.54) is 0 Å². The zero-order valence-electron chi connectivity index (χ0n) is 12.8. The molecular weight excluding hydrogens is 256 g/mol. The smallest absolute Gasteiger partial charge is 0.321 e. The van der Waals surface area contributed by atoms with E-state index in [1.807, 2.05) is 20.8 Å². The quantitative estimate of drug-likeness (QED) is 0.674. The van der Waals surface area contributed by atoms with E-state index in [2.05, 4.69) is 27.8 Å². The van der Waals surface area contributed by atoms with Gasteiger partial charge in [-0.3, -0.25) is 15.0 Å². The van der Waals surface area contributed by atoms with E-state index in [1.54, 1.807) is 0 Å². The van der Waals surface area contributed by atoms with Crippen LogP contribution in [0.4, 0.5) is 4.79 Å². The average molecular weight is 282 g/mol. The van der Waals surface area contributed by atoms with Gasteiger partial charge in [-0.1, -0.05) is 0 Å². The molecule has 3 unspecified atom stereocenters. The SMILES string of the molecule is CC1C2CNCC2CN1CC(=O)NC(=O)NC(C)(C)C. The molecule has 2 aliphatic heterocycles. The van der Waals surface area contributed by atoms with Gasteiger partial charge in [0.25, 0.3) is 0 Å². The summed E-state index contributed by atoms with van der Waals surface area (Å²) >= 11 is 0. The van der Waals surface area contributed by atoms with Crippen molar-refractivity contribution in [1.29, 1.82) is 0 Å². The van der Waals surface area contributed by atoms with Crippen molar-refractivity contribution in [1.82, 2.24) is 20.9 Å². The van der Waals surface area contributed by atoms with Gasteiger partial charge in [0.05, 0.1) is 6.54 Å². The highest BCUT2D eigenvalue weighted by atomic mass is 16.2. The maximum Gasteiger partial charge on any atom is 0.321 e. The zero-order chi connectivity index (χ0) is 14.9. The molecule has 6 heteroatoms. The number of likely N-dealkylation sites (tertiary alicyclic amines) is 1. The fourth-order valence-electron chi connectivity index (χ4n) is 3.19. The first-order valence-corrected chi connectivity index (χ1v) is 7.33. The topological polar surface area (TPSA) is 73.5 Å². The number of hydrogen-bond acceptors (Lipinski definition) is 4. The van der Waals surface area contributed by atoms with E-state index >= 15 is 0 Å². The van der Waals surface area contributed by atoms with Gasteiger partial charge in [-0.05, 0) is 52.6 Å². The minimum Gasteiger partial charge on any atom is -0.333 e. The number of carbonyl (C=O) groups excluding carboxylic acids is 2. The molecule has 0 aromatic rings. The first-order valence-electron chi connectivity index (χ1n) is 7.33. The molecule has 20 heavy (non-hydrogen) atoms.